The molecule has 0 unspecified atom stereocenters. The number of aromatic nitrogens is 1. The number of hydrogen-bond acceptors (Lipinski definition) is 5. The minimum Gasteiger partial charge on any atom is -0.497 e. The van der Waals surface area contributed by atoms with Crippen LogP contribution in [0.25, 0.3) is 0 Å². The van der Waals surface area contributed by atoms with Crippen LogP contribution in [0.3, 0.4) is 0 Å². The minimum absolute atomic E-state index is 0. The molecule has 0 atom stereocenters. The molecule has 2 aromatic rings. The van der Waals surface area contributed by atoms with E-state index in [9.17, 15) is 0 Å². The van der Waals surface area contributed by atoms with E-state index < -0.39 is 0 Å². The molecule has 7 nitrogen and oxygen atoms in total. The zero-order valence-electron chi connectivity index (χ0n) is 18.3. The molecule has 1 aromatic heterocycles. The van der Waals surface area contributed by atoms with Crippen molar-refractivity contribution in [3.8, 4) is 11.6 Å². The number of guanidine groups is 1. The number of halogens is 1. The van der Waals surface area contributed by atoms with E-state index in [1.165, 1.54) is 18.5 Å². The van der Waals surface area contributed by atoms with Gasteiger partial charge in [0.25, 0.3) is 0 Å². The SMILES string of the molecule is CN=C(NCc1ccc(OCC2CC2)nc1)N1CCN(c2ccc(OC)cc2)CC1.I. The normalized spacial score (nSPS) is 16.5. The third-order valence-corrected chi connectivity index (χ3v) is 5.64. The van der Waals surface area contributed by atoms with Gasteiger partial charge in [0, 0.05) is 57.7 Å². The lowest BCUT2D eigenvalue weighted by atomic mass is 10.2. The van der Waals surface area contributed by atoms with Gasteiger partial charge in [0.1, 0.15) is 5.75 Å². The number of hydrogen-bond donors (Lipinski definition) is 1. The first-order valence-corrected chi connectivity index (χ1v) is 10.7. The Bertz CT molecular complexity index is 832. The third kappa shape index (κ3) is 6.62. The Labute approximate surface area is 201 Å². The Morgan fingerprint density at radius 1 is 1.10 bits per heavy atom. The van der Waals surface area contributed by atoms with Crippen LogP contribution in [0.5, 0.6) is 11.6 Å². The number of piperazine rings is 1. The van der Waals surface area contributed by atoms with Gasteiger partial charge in [0.2, 0.25) is 5.88 Å². The summed E-state index contributed by atoms with van der Waals surface area (Å²) < 4.78 is 11.0. The van der Waals surface area contributed by atoms with Gasteiger partial charge in [-0.2, -0.15) is 0 Å². The molecule has 1 saturated carbocycles. The van der Waals surface area contributed by atoms with Crippen molar-refractivity contribution in [3.05, 3.63) is 48.2 Å². The fraction of sp³-hybridized carbons (Fsp3) is 0.478. The first-order valence-electron chi connectivity index (χ1n) is 10.7. The number of methoxy groups -OCH3 is 1. The molecular formula is C23H32IN5O2. The largest absolute Gasteiger partial charge is 0.497 e. The van der Waals surface area contributed by atoms with Crippen molar-refractivity contribution in [2.75, 3.05) is 51.8 Å². The standard InChI is InChI=1S/C23H31N5O2.HI/c1-24-23(26-16-19-5-10-22(25-15-19)30-17-18-3-4-18)28-13-11-27(12-14-28)20-6-8-21(29-2)9-7-20;/h5-10,15,18H,3-4,11-14,16-17H2,1-2H3,(H,24,26);1H. The molecule has 168 valence electrons. The maximum atomic E-state index is 5.71. The molecule has 0 radical (unpaired) electrons. The number of benzene rings is 1. The fourth-order valence-corrected chi connectivity index (χ4v) is 3.57. The van der Waals surface area contributed by atoms with Gasteiger partial charge in [-0.15, -0.1) is 24.0 Å². The highest BCUT2D eigenvalue weighted by molar-refractivity contribution is 14.0. The van der Waals surface area contributed by atoms with Crippen LogP contribution < -0.4 is 19.7 Å². The molecule has 0 amide bonds. The molecule has 0 spiro atoms. The molecule has 2 fully saturated rings. The van der Waals surface area contributed by atoms with Gasteiger partial charge in [0.15, 0.2) is 5.96 Å². The minimum atomic E-state index is 0. The molecule has 4 rings (SSSR count). The summed E-state index contributed by atoms with van der Waals surface area (Å²) in [7, 11) is 3.53. The Kier molecular flexibility index (Phi) is 8.62. The lowest BCUT2D eigenvalue weighted by molar-refractivity contribution is 0.288. The van der Waals surface area contributed by atoms with Gasteiger partial charge in [0.05, 0.1) is 13.7 Å². The maximum absolute atomic E-state index is 5.71. The van der Waals surface area contributed by atoms with Gasteiger partial charge in [-0.05, 0) is 48.6 Å². The number of ether oxygens (including phenoxy) is 2. The van der Waals surface area contributed by atoms with Crippen LogP contribution in [0.1, 0.15) is 18.4 Å². The molecule has 1 aliphatic heterocycles. The van der Waals surface area contributed by atoms with Gasteiger partial charge >= 0.3 is 0 Å². The van der Waals surface area contributed by atoms with Crippen LogP contribution in [0.2, 0.25) is 0 Å². The summed E-state index contributed by atoms with van der Waals surface area (Å²) in [6.45, 7) is 5.26. The quantitative estimate of drug-likeness (QED) is 0.332. The van der Waals surface area contributed by atoms with Crippen molar-refractivity contribution in [1.29, 1.82) is 0 Å². The number of anilines is 1. The second-order valence-corrected chi connectivity index (χ2v) is 7.83. The lowest BCUT2D eigenvalue weighted by Crippen LogP contribution is -2.52. The molecule has 1 saturated heterocycles. The van der Waals surface area contributed by atoms with E-state index in [2.05, 4.69) is 43.3 Å². The molecule has 31 heavy (non-hydrogen) atoms. The van der Waals surface area contributed by atoms with Gasteiger partial charge < -0.3 is 24.6 Å². The smallest absolute Gasteiger partial charge is 0.213 e. The third-order valence-electron chi connectivity index (χ3n) is 5.64. The summed E-state index contributed by atoms with van der Waals surface area (Å²) in [4.78, 5) is 13.6. The summed E-state index contributed by atoms with van der Waals surface area (Å²) in [6, 6.07) is 12.3. The van der Waals surface area contributed by atoms with E-state index in [0.717, 1.165) is 56.0 Å². The van der Waals surface area contributed by atoms with E-state index >= 15 is 0 Å². The highest BCUT2D eigenvalue weighted by atomic mass is 127. The van der Waals surface area contributed by atoms with Crippen molar-refractivity contribution in [3.63, 3.8) is 0 Å². The van der Waals surface area contributed by atoms with Crippen LogP contribution in [0.15, 0.2) is 47.6 Å². The van der Waals surface area contributed by atoms with Crippen molar-refractivity contribution in [2.45, 2.75) is 19.4 Å². The van der Waals surface area contributed by atoms with Crippen LogP contribution in [0.4, 0.5) is 5.69 Å². The summed E-state index contributed by atoms with van der Waals surface area (Å²) in [5.74, 6) is 3.27. The van der Waals surface area contributed by atoms with Crippen LogP contribution >= 0.6 is 24.0 Å². The summed E-state index contributed by atoms with van der Waals surface area (Å²) in [5.41, 5.74) is 2.35. The average molecular weight is 537 g/mol. The van der Waals surface area contributed by atoms with Gasteiger partial charge in [-0.25, -0.2) is 4.98 Å². The van der Waals surface area contributed by atoms with Crippen LogP contribution in [0, 0.1) is 5.92 Å². The molecule has 8 heteroatoms. The zero-order valence-corrected chi connectivity index (χ0v) is 20.6. The lowest BCUT2D eigenvalue weighted by Gasteiger charge is -2.37. The van der Waals surface area contributed by atoms with Crippen LogP contribution in [-0.2, 0) is 6.54 Å². The number of pyridine rings is 1. The number of nitrogens with one attached hydrogen (secondary N) is 1. The highest BCUT2D eigenvalue weighted by Crippen LogP contribution is 2.29. The van der Waals surface area contributed by atoms with E-state index in [1.54, 1.807) is 7.11 Å². The molecule has 1 aromatic carbocycles. The Balaban J connectivity index is 0.00000272. The second-order valence-electron chi connectivity index (χ2n) is 7.83. The molecule has 2 heterocycles. The van der Waals surface area contributed by atoms with Crippen molar-refractivity contribution in [2.24, 2.45) is 10.9 Å². The van der Waals surface area contributed by atoms with E-state index in [-0.39, 0.29) is 24.0 Å². The predicted octanol–water partition coefficient (Wildman–Crippen LogP) is 3.39. The fourth-order valence-electron chi connectivity index (χ4n) is 3.57. The van der Waals surface area contributed by atoms with E-state index in [1.807, 2.05) is 31.4 Å². The Morgan fingerprint density at radius 3 is 2.42 bits per heavy atom. The monoisotopic (exact) mass is 537 g/mol. The van der Waals surface area contributed by atoms with Crippen molar-refractivity contribution < 1.29 is 9.47 Å². The number of nitrogens with zero attached hydrogens (tertiary/aromatic N) is 4. The predicted molar refractivity (Wildman–Crippen MR) is 135 cm³/mol. The molecule has 2 aliphatic rings. The molecule has 0 bridgehead atoms. The van der Waals surface area contributed by atoms with E-state index in [4.69, 9.17) is 9.47 Å². The summed E-state index contributed by atoms with van der Waals surface area (Å²) in [5, 5.41) is 3.46. The number of aliphatic imine (C=N–C) groups is 1. The second kappa shape index (κ2) is 11.4. The molecular weight excluding hydrogens is 505 g/mol. The Hall–Kier alpha value is -2.23. The maximum Gasteiger partial charge on any atom is 0.213 e. The summed E-state index contributed by atoms with van der Waals surface area (Å²) >= 11 is 0. The zero-order chi connectivity index (χ0) is 20.8. The Morgan fingerprint density at radius 2 is 1.84 bits per heavy atom. The summed E-state index contributed by atoms with van der Waals surface area (Å²) in [6.07, 6.45) is 4.45. The first-order chi connectivity index (χ1) is 14.7. The number of rotatable bonds is 7. The first kappa shape index (κ1) is 23.4. The van der Waals surface area contributed by atoms with Crippen molar-refractivity contribution in [1.82, 2.24) is 15.2 Å². The molecule has 1 aliphatic carbocycles. The van der Waals surface area contributed by atoms with Gasteiger partial charge in [-0.3, -0.25) is 4.99 Å². The highest BCUT2D eigenvalue weighted by Gasteiger charge is 2.22. The van der Waals surface area contributed by atoms with E-state index in [0.29, 0.717) is 12.4 Å². The average Bonchev–Trinajstić information content (AvgIpc) is 3.64. The topological polar surface area (TPSA) is 62.2 Å². The van der Waals surface area contributed by atoms with Crippen LogP contribution in [-0.4, -0.2) is 62.8 Å². The van der Waals surface area contributed by atoms with Crippen molar-refractivity contribution >= 4 is 35.6 Å². The molecule has 1 N–H and O–H groups in total. The van der Waals surface area contributed by atoms with Gasteiger partial charge in [-0.1, -0.05) is 6.07 Å².